The Balaban J connectivity index is 2.13. The first-order valence-corrected chi connectivity index (χ1v) is 9.55. The molecule has 0 saturated carbocycles. The molecule has 2 aromatic carbocycles. The third kappa shape index (κ3) is 4.43. The first-order valence-electron chi connectivity index (χ1n) is 7.27. The van der Waals surface area contributed by atoms with Gasteiger partial charge >= 0.3 is 5.97 Å². The minimum Gasteiger partial charge on any atom is -0.465 e. The molecule has 0 heterocycles. The highest BCUT2D eigenvalue weighted by atomic mass is 79.9. The summed E-state index contributed by atoms with van der Waals surface area (Å²) in [6.07, 6.45) is 0.590. The zero-order valence-electron chi connectivity index (χ0n) is 13.4. The van der Waals surface area contributed by atoms with Crippen molar-refractivity contribution in [2.75, 3.05) is 13.7 Å². The second kappa shape index (κ2) is 7.92. The number of ether oxygens (including phenoxy) is 1. The summed E-state index contributed by atoms with van der Waals surface area (Å²) in [7, 11) is -2.46. The Hall–Kier alpha value is -1.70. The SMILES string of the molecule is COC(=O)c1cc(S(=O)(=O)NCCc2ccccc2C)ccc1Br. The van der Waals surface area contributed by atoms with Gasteiger partial charge in [-0.05, 0) is 58.6 Å². The summed E-state index contributed by atoms with van der Waals surface area (Å²) in [6.45, 7) is 2.26. The highest BCUT2D eigenvalue weighted by Gasteiger charge is 2.18. The standard InChI is InChI=1S/C17H18BrNO4S/c1-12-5-3-4-6-13(12)9-10-19-24(21,22)14-7-8-16(18)15(11-14)17(20)23-2/h3-8,11,19H,9-10H2,1-2H3. The maximum Gasteiger partial charge on any atom is 0.339 e. The molecule has 2 aromatic rings. The van der Waals surface area contributed by atoms with Crippen LogP contribution in [0.4, 0.5) is 0 Å². The molecule has 7 heteroatoms. The van der Waals surface area contributed by atoms with Crippen LogP contribution >= 0.6 is 15.9 Å². The van der Waals surface area contributed by atoms with Crippen molar-refractivity contribution in [1.82, 2.24) is 4.72 Å². The van der Waals surface area contributed by atoms with Crippen LogP contribution < -0.4 is 4.72 Å². The van der Waals surface area contributed by atoms with Crippen LogP contribution in [0.15, 0.2) is 51.8 Å². The van der Waals surface area contributed by atoms with Gasteiger partial charge in [0, 0.05) is 11.0 Å². The number of benzene rings is 2. The van der Waals surface area contributed by atoms with Gasteiger partial charge in [0.1, 0.15) is 0 Å². The maximum absolute atomic E-state index is 12.4. The van der Waals surface area contributed by atoms with E-state index >= 15 is 0 Å². The summed E-state index contributed by atoms with van der Waals surface area (Å²) < 4.78 is 32.5. The van der Waals surface area contributed by atoms with Crippen molar-refractivity contribution in [1.29, 1.82) is 0 Å². The molecule has 0 aliphatic heterocycles. The highest BCUT2D eigenvalue weighted by Crippen LogP contribution is 2.21. The van der Waals surface area contributed by atoms with E-state index in [1.807, 2.05) is 31.2 Å². The van der Waals surface area contributed by atoms with Gasteiger partial charge < -0.3 is 4.74 Å². The number of hydrogen-bond donors (Lipinski definition) is 1. The van der Waals surface area contributed by atoms with Gasteiger partial charge in [-0.25, -0.2) is 17.9 Å². The molecule has 0 fully saturated rings. The van der Waals surface area contributed by atoms with E-state index < -0.39 is 16.0 Å². The second-order valence-electron chi connectivity index (χ2n) is 5.21. The van der Waals surface area contributed by atoms with Crippen LogP contribution in [0.1, 0.15) is 21.5 Å². The van der Waals surface area contributed by atoms with Crippen LogP contribution in [0.3, 0.4) is 0 Å². The Morgan fingerprint density at radius 1 is 1.21 bits per heavy atom. The molecule has 0 aliphatic rings. The first-order chi connectivity index (χ1) is 11.3. The summed E-state index contributed by atoms with van der Waals surface area (Å²) in [6, 6.07) is 12.1. The van der Waals surface area contributed by atoms with E-state index in [1.165, 1.54) is 25.3 Å². The molecule has 2 rings (SSSR count). The van der Waals surface area contributed by atoms with Gasteiger partial charge in [0.2, 0.25) is 10.0 Å². The van der Waals surface area contributed by atoms with Crippen molar-refractivity contribution in [3.63, 3.8) is 0 Å². The third-order valence-corrected chi connectivity index (χ3v) is 5.75. The van der Waals surface area contributed by atoms with Crippen molar-refractivity contribution < 1.29 is 17.9 Å². The van der Waals surface area contributed by atoms with Crippen LogP contribution in [-0.2, 0) is 21.2 Å². The molecule has 0 aromatic heterocycles. The normalized spacial score (nSPS) is 11.3. The molecule has 0 aliphatic carbocycles. The van der Waals surface area contributed by atoms with E-state index in [0.29, 0.717) is 10.9 Å². The van der Waals surface area contributed by atoms with Gasteiger partial charge in [-0.2, -0.15) is 0 Å². The minimum atomic E-state index is -3.70. The van der Waals surface area contributed by atoms with Crippen LogP contribution in [-0.4, -0.2) is 28.0 Å². The van der Waals surface area contributed by atoms with Crippen molar-refractivity contribution in [3.05, 3.63) is 63.6 Å². The average Bonchev–Trinajstić information content (AvgIpc) is 2.56. The smallest absolute Gasteiger partial charge is 0.339 e. The number of esters is 1. The lowest BCUT2D eigenvalue weighted by atomic mass is 10.1. The molecule has 0 atom stereocenters. The predicted molar refractivity (Wildman–Crippen MR) is 95.6 cm³/mol. The molecule has 0 amide bonds. The third-order valence-electron chi connectivity index (χ3n) is 3.60. The second-order valence-corrected chi connectivity index (χ2v) is 7.83. The molecule has 0 bridgehead atoms. The Morgan fingerprint density at radius 3 is 2.58 bits per heavy atom. The zero-order valence-corrected chi connectivity index (χ0v) is 15.8. The van der Waals surface area contributed by atoms with Gasteiger partial charge in [-0.3, -0.25) is 0 Å². The van der Waals surface area contributed by atoms with E-state index in [0.717, 1.165) is 11.1 Å². The number of sulfonamides is 1. The number of carbonyl (C=O) groups is 1. The van der Waals surface area contributed by atoms with Crippen LogP contribution in [0.25, 0.3) is 0 Å². The fourth-order valence-corrected chi connectivity index (χ4v) is 3.70. The molecule has 0 saturated heterocycles. The van der Waals surface area contributed by atoms with Crippen molar-refractivity contribution in [3.8, 4) is 0 Å². The van der Waals surface area contributed by atoms with Crippen molar-refractivity contribution in [2.45, 2.75) is 18.2 Å². The lowest BCUT2D eigenvalue weighted by molar-refractivity contribution is 0.0599. The van der Waals surface area contributed by atoms with Crippen molar-refractivity contribution >= 4 is 31.9 Å². The van der Waals surface area contributed by atoms with Gasteiger partial charge in [0.15, 0.2) is 0 Å². The molecular formula is C17H18BrNO4S. The van der Waals surface area contributed by atoms with Gasteiger partial charge in [0.25, 0.3) is 0 Å². The molecule has 128 valence electrons. The quantitative estimate of drug-likeness (QED) is 0.741. The Bertz CT molecular complexity index is 849. The van der Waals surface area contributed by atoms with Crippen LogP contribution in [0.2, 0.25) is 0 Å². The fourth-order valence-electron chi connectivity index (χ4n) is 2.23. The van der Waals surface area contributed by atoms with E-state index in [-0.39, 0.29) is 17.0 Å². The topological polar surface area (TPSA) is 72.5 Å². The maximum atomic E-state index is 12.4. The number of carbonyl (C=O) groups excluding carboxylic acids is 1. The lowest BCUT2D eigenvalue weighted by Gasteiger charge is -2.10. The summed E-state index contributed by atoms with van der Waals surface area (Å²) in [5.74, 6) is -0.598. The number of nitrogens with one attached hydrogen (secondary N) is 1. The summed E-state index contributed by atoms with van der Waals surface area (Å²) in [5.41, 5.74) is 2.37. The number of aryl methyl sites for hydroxylation is 1. The highest BCUT2D eigenvalue weighted by molar-refractivity contribution is 9.10. The van der Waals surface area contributed by atoms with Gasteiger partial charge in [0.05, 0.1) is 17.6 Å². The van der Waals surface area contributed by atoms with Gasteiger partial charge in [-0.1, -0.05) is 24.3 Å². The molecule has 5 nitrogen and oxygen atoms in total. The largest absolute Gasteiger partial charge is 0.465 e. The van der Waals surface area contributed by atoms with Gasteiger partial charge in [-0.15, -0.1) is 0 Å². The lowest BCUT2D eigenvalue weighted by Crippen LogP contribution is -2.26. The Kier molecular flexibility index (Phi) is 6.15. The Labute approximate surface area is 150 Å². The molecule has 0 unspecified atom stereocenters. The first kappa shape index (κ1) is 18.6. The van der Waals surface area contributed by atoms with Crippen molar-refractivity contribution in [2.24, 2.45) is 0 Å². The summed E-state index contributed by atoms with van der Waals surface area (Å²) in [4.78, 5) is 11.7. The van der Waals surface area contributed by atoms with E-state index in [4.69, 9.17) is 0 Å². The molecule has 24 heavy (non-hydrogen) atoms. The summed E-state index contributed by atoms with van der Waals surface area (Å²) in [5, 5.41) is 0. The van der Waals surface area contributed by atoms with E-state index in [1.54, 1.807) is 0 Å². The molecule has 0 radical (unpaired) electrons. The molecule has 0 spiro atoms. The van der Waals surface area contributed by atoms with Crippen LogP contribution in [0.5, 0.6) is 0 Å². The zero-order chi connectivity index (χ0) is 17.7. The molecule has 1 N–H and O–H groups in total. The number of halogens is 1. The van der Waals surface area contributed by atoms with E-state index in [9.17, 15) is 13.2 Å². The summed E-state index contributed by atoms with van der Waals surface area (Å²) >= 11 is 3.21. The monoisotopic (exact) mass is 411 g/mol. The predicted octanol–water partition coefficient (Wildman–Crippen LogP) is 3.07. The number of methoxy groups -OCH3 is 1. The fraction of sp³-hybridized carbons (Fsp3) is 0.235. The van der Waals surface area contributed by atoms with E-state index in [2.05, 4.69) is 25.4 Å². The number of hydrogen-bond acceptors (Lipinski definition) is 4. The number of rotatable bonds is 6. The minimum absolute atomic E-state index is 0.0240. The average molecular weight is 412 g/mol. The molecular weight excluding hydrogens is 394 g/mol. The Morgan fingerprint density at radius 2 is 1.92 bits per heavy atom. The van der Waals surface area contributed by atoms with Crippen LogP contribution in [0, 0.1) is 6.92 Å².